The van der Waals surface area contributed by atoms with Gasteiger partial charge in [-0.3, -0.25) is 0 Å². The van der Waals surface area contributed by atoms with E-state index in [0.29, 0.717) is 23.0 Å². The van der Waals surface area contributed by atoms with Crippen molar-refractivity contribution in [3.63, 3.8) is 0 Å². The molecule has 12 heteroatoms. The van der Waals surface area contributed by atoms with Crippen LogP contribution in [0.5, 0.6) is 23.0 Å². The lowest BCUT2D eigenvalue weighted by atomic mass is 10.1. The minimum Gasteiger partial charge on any atom is -0.491 e. The van der Waals surface area contributed by atoms with E-state index in [-0.39, 0.29) is 77.2 Å². The number of carbonyl (C=O) groups is 2. The highest BCUT2D eigenvalue weighted by Gasteiger charge is 2.18. The Morgan fingerprint density at radius 3 is 0.839 bits per heavy atom. The molecule has 0 aliphatic carbocycles. The van der Waals surface area contributed by atoms with Gasteiger partial charge in [0.1, 0.15) is 62.6 Å². The second-order valence-corrected chi connectivity index (χ2v) is 11.8. The zero-order valence-electron chi connectivity index (χ0n) is 31.0. The van der Waals surface area contributed by atoms with Gasteiger partial charge in [0.2, 0.25) is 0 Å². The van der Waals surface area contributed by atoms with Gasteiger partial charge < -0.3 is 47.4 Å². The Balaban J connectivity index is 1.07. The van der Waals surface area contributed by atoms with E-state index in [1.807, 2.05) is 121 Å². The first-order valence-corrected chi connectivity index (χ1v) is 18.2. The first-order valence-electron chi connectivity index (χ1n) is 18.2. The van der Waals surface area contributed by atoms with E-state index in [1.165, 1.54) is 24.3 Å². The zero-order valence-corrected chi connectivity index (χ0v) is 31.0. The van der Waals surface area contributed by atoms with E-state index in [2.05, 4.69) is 0 Å². The SMILES string of the molecule is O=C(OCC(OCCOc1ccccc1)OCCOc1ccccc1)c1ccc(C(=O)OCC(OCCOc2ccccc2)OCCOc2ccccc2)cc1. The third-order valence-corrected chi connectivity index (χ3v) is 7.65. The molecule has 12 nitrogen and oxygen atoms in total. The van der Waals surface area contributed by atoms with Crippen molar-refractivity contribution >= 4 is 11.9 Å². The van der Waals surface area contributed by atoms with Crippen LogP contribution in [0.4, 0.5) is 0 Å². The Bertz CT molecular complexity index is 1560. The molecule has 0 aliphatic heterocycles. The summed E-state index contributed by atoms with van der Waals surface area (Å²) >= 11 is 0. The number of para-hydroxylation sites is 4. The Hall–Kier alpha value is -5.92. The highest BCUT2D eigenvalue weighted by molar-refractivity contribution is 5.93. The first kappa shape index (κ1) is 41.2. The standard InChI is InChI=1S/C44H46O12/c45-43(55-33-41(51-29-25-47-37-13-5-1-6-14-37)52-30-26-48-38-15-7-2-8-16-38)35-21-23-36(24-22-35)44(46)56-34-42(53-31-27-49-39-17-9-3-10-18-39)54-32-28-50-40-19-11-4-12-20-40/h1-24,41-42H,25-34H2. The Morgan fingerprint density at radius 2 is 0.589 bits per heavy atom. The predicted molar refractivity (Wildman–Crippen MR) is 206 cm³/mol. The molecule has 0 N–H and O–H groups in total. The third kappa shape index (κ3) is 15.8. The second kappa shape index (κ2) is 24.5. The molecule has 0 heterocycles. The molecule has 0 fully saturated rings. The molecule has 5 aromatic rings. The van der Waals surface area contributed by atoms with Crippen LogP contribution in [0.3, 0.4) is 0 Å². The fourth-order valence-electron chi connectivity index (χ4n) is 4.91. The molecule has 0 amide bonds. The van der Waals surface area contributed by atoms with E-state index < -0.39 is 24.5 Å². The Morgan fingerprint density at radius 1 is 0.339 bits per heavy atom. The van der Waals surface area contributed by atoms with Gasteiger partial charge in [0.25, 0.3) is 0 Å². The summed E-state index contributed by atoms with van der Waals surface area (Å²) in [6.07, 6.45) is -1.75. The summed E-state index contributed by atoms with van der Waals surface area (Å²) in [5.74, 6) is 1.58. The van der Waals surface area contributed by atoms with Gasteiger partial charge in [0.05, 0.1) is 37.6 Å². The van der Waals surface area contributed by atoms with Crippen LogP contribution < -0.4 is 18.9 Å². The van der Waals surface area contributed by atoms with Gasteiger partial charge in [-0.25, -0.2) is 9.59 Å². The highest BCUT2D eigenvalue weighted by atomic mass is 16.7. The molecule has 0 aliphatic rings. The normalized spacial score (nSPS) is 10.9. The molecule has 0 radical (unpaired) electrons. The fourth-order valence-corrected chi connectivity index (χ4v) is 4.91. The van der Waals surface area contributed by atoms with Crippen molar-refractivity contribution in [3.05, 3.63) is 157 Å². The van der Waals surface area contributed by atoms with Crippen molar-refractivity contribution in [2.24, 2.45) is 0 Å². The maximum atomic E-state index is 13.0. The number of ether oxygens (including phenoxy) is 10. The number of hydrogen-bond acceptors (Lipinski definition) is 12. The predicted octanol–water partition coefficient (Wildman–Crippen LogP) is 7.03. The van der Waals surface area contributed by atoms with Crippen LogP contribution in [0, 0.1) is 0 Å². The van der Waals surface area contributed by atoms with Gasteiger partial charge in [-0.05, 0) is 72.8 Å². The van der Waals surface area contributed by atoms with Crippen LogP contribution in [0.1, 0.15) is 20.7 Å². The van der Waals surface area contributed by atoms with Crippen molar-refractivity contribution in [1.82, 2.24) is 0 Å². The molecule has 0 saturated carbocycles. The summed E-state index contributed by atoms with van der Waals surface area (Å²) in [5, 5.41) is 0. The molecular weight excluding hydrogens is 720 g/mol. The van der Waals surface area contributed by atoms with Crippen molar-refractivity contribution in [3.8, 4) is 23.0 Å². The monoisotopic (exact) mass is 766 g/mol. The summed E-state index contributed by atoms with van der Waals surface area (Å²) in [7, 11) is 0. The van der Waals surface area contributed by atoms with Gasteiger partial charge in [0.15, 0.2) is 12.6 Å². The molecule has 56 heavy (non-hydrogen) atoms. The van der Waals surface area contributed by atoms with Crippen LogP contribution >= 0.6 is 0 Å². The summed E-state index contributed by atoms with van der Waals surface area (Å²) in [4.78, 5) is 25.9. The lowest BCUT2D eigenvalue weighted by molar-refractivity contribution is -0.169. The molecule has 5 aromatic carbocycles. The molecule has 294 valence electrons. The summed E-state index contributed by atoms with van der Waals surface area (Å²) in [6.45, 7) is 1.43. The van der Waals surface area contributed by atoms with Crippen LogP contribution in [0.2, 0.25) is 0 Å². The smallest absolute Gasteiger partial charge is 0.338 e. The molecular formula is C44H46O12. The molecule has 0 spiro atoms. The number of hydrogen-bond donors (Lipinski definition) is 0. The van der Waals surface area contributed by atoms with E-state index in [9.17, 15) is 9.59 Å². The van der Waals surface area contributed by atoms with Crippen molar-refractivity contribution in [1.29, 1.82) is 0 Å². The van der Waals surface area contributed by atoms with Crippen LogP contribution in [0.25, 0.3) is 0 Å². The van der Waals surface area contributed by atoms with Gasteiger partial charge in [0, 0.05) is 0 Å². The molecule has 0 saturated heterocycles. The van der Waals surface area contributed by atoms with Gasteiger partial charge in [-0.1, -0.05) is 72.8 Å². The molecule has 0 atom stereocenters. The number of esters is 2. The Labute approximate surface area is 326 Å². The van der Waals surface area contributed by atoms with Gasteiger partial charge >= 0.3 is 11.9 Å². The van der Waals surface area contributed by atoms with E-state index in [1.54, 1.807) is 0 Å². The van der Waals surface area contributed by atoms with Crippen LogP contribution in [-0.2, 0) is 28.4 Å². The summed E-state index contributed by atoms with van der Waals surface area (Å²) in [6, 6.07) is 43.3. The lowest BCUT2D eigenvalue weighted by Crippen LogP contribution is -2.29. The topological polar surface area (TPSA) is 126 Å². The molecule has 0 bridgehead atoms. The van der Waals surface area contributed by atoms with Crippen molar-refractivity contribution in [2.45, 2.75) is 12.6 Å². The number of rotatable bonds is 26. The van der Waals surface area contributed by atoms with Crippen LogP contribution in [0.15, 0.2) is 146 Å². The minimum atomic E-state index is -0.876. The Kier molecular flexibility index (Phi) is 18.0. The third-order valence-electron chi connectivity index (χ3n) is 7.65. The maximum Gasteiger partial charge on any atom is 0.338 e. The van der Waals surface area contributed by atoms with Gasteiger partial charge in [-0.15, -0.1) is 0 Å². The number of carbonyl (C=O) groups excluding carboxylic acids is 2. The molecule has 0 aromatic heterocycles. The fraction of sp³-hybridized carbons (Fsp3) is 0.273. The quantitative estimate of drug-likeness (QED) is 0.0326. The van der Waals surface area contributed by atoms with E-state index in [4.69, 9.17) is 47.4 Å². The minimum absolute atomic E-state index is 0.187. The summed E-state index contributed by atoms with van der Waals surface area (Å²) < 4.78 is 57.1. The van der Waals surface area contributed by atoms with E-state index in [0.717, 1.165) is 0 Å². The summed E-state index contributed by atoms with van der Waals surface area (Å²) in [5.41, 5.74) is 0.447. The maximum absolute atomic E-state index is 13.0. The number of benzene rings is 5. The van der Waals surface area contributed by atoms with Crippen molar-refractivity contribution < 1.29 is 57.0 Å². The van der Waals surface area contributed by atoms with Crippen LogP contribution in [-0.4, -0.2) is 90.6 Å². The second-order valence-electron chi connectivity index (χ2n) is 11.8. The first-order chi connectivity index (χ1) is 27.6. The largest absolute Gasteiger partial charge is 0.491 e. The van der Waals surface area contributed by atoms with Crippen molar-refractivity contribution in [2.75, 3.05) is 66.1 Å². The average molecular weight is 767 g/mol. The van der Waals surface area contributed by atoms with E-state index >= 15 is 0 Å². The molecule has 0 unspecified atom stereocenters. The highest BCUT2D eigenvalue weighted by Crippen LogP contribution is 2.13. The zero-order chi connectivity index (χ0) is 38.9. The molecule has 5 rings (SSSR count). The van der Waals surface area contributed by atoms with Gasteiger partial charge in [-0.2, -0.15) is 0 Å². The average Bonchev–Trinajstić information content (AvgIpc) is 3.25. The lowest BCUT2D eigenvalue weighted by Gasteiger charge is -2.19.